The number of benzene rings is 2. The molecule has 0 aliphatic rings. The Morgan fingerprint density at radius 3 is 2.43 bits per heavy atom. The summed E-state index contributed by atoms with van der Waals surface area (Å²) in [7, 11) is 0. The van der Waals surface area contributed by atoms with Crippen molar-refractivity contribution in [2.24, 2.45) is 5.92 Å². The average Bonchev–Trinajstić information content (AvgIpc) is 2.78. The number of carbonyl (C=O) groups excluding carboxylic acids is 1. The molecule has 0 N–H and O–H groups in total. The maximum absolute atomic E-state index is 12.8. The second kappa shape index (κ2) is 11.4. The van der Waals surface area contributed by atoms with E-state index in [1.807, 2.05) is 63.2 Å². The molecule has 1 heterocycles. The van der Waals surface area contributed by atoms with Crippen LogP contribution in [0, 0.1) is 5.92 Å². The van der Waals surface area contributed by atoms with Crippen molar-refractivity contribution < 1.29 is 18.7 Å². The van der Waals surface area contributed by atoms with E-state index in [2.05, 4.69) is 13.5 Å². The van der Waals surface area contributed by atoms with Crippen LogP contribution in [0.5, 0.6) is 11.5 Å². The molecule has 5 heteroatoms. The highest BCUT2D eigenvalue weighted by Crippen LogP contribution is 2.30. The van der Waals surface area contributed by atoms with Gasteiger partial charge in [0.05, 0.1) is 12.2 Å². The van der Waals surface area contributed by atoms with Gasteiger partial charge < -0.3 is 13.9 Å². The Morgan fingerprint density at radius 1 is 1.09 bits per heavy atom. The van der Waals surface area contributed by atoms with Crippen molar-refractivity contribution >= 4 is 16.8 Å². The Balaban J connectivity index is 1.74. The topological polar surface area (TPSA) is 65.7 Å². The predicted molar refractivity (Wildman–Crippen MR) is 141 cm³/mol. The van der Waals surface area contributed by atoms with Crippen molar-refractivity contribution in [2.45, 2.75) is 65.9 Å². The van der Waals surface area contributed by atoms with Crippen molar-refractivity contribution in [3.63, 3.8) is 0 Å². The number of allylic oxidation sites excluding steroid dienone is 1. The van der Waals surface area contributed by atoms with Crippen LogP contribution in [0.25, 0.3) is 22.1 Å². The van der Waals surface area contributed by atoms with Crippen LogP contribution in [0.1, 0.15) is 60.3 Å². The smallest absolute Gasteiger partial charge is 0.344 e. The van der Waals surface area contributed by atoms with Gasteiger partial charge in [-0.3, -0.25) is 4.79 Å². The zero-order valence-corrected chi connectivity index (χ0v) is 21.5. The van der Waals surface area contributed by atoms with Crippen LogP contribution in [0.15, 0.2) is 69.9 Å². The van der Waals surface area contributed by atoms with Gasteiger partial charge in [-0.15, -0.1) is 0 Å². The zero-order valence-electron chi connectivity index (χ0n) is 21.5. The second-order valence-corrected chi connectivity index (χ2v) is 9.95. The summed E-state index contributed by atoms with van der Waals surface area (Å²) in [5.74, 6) is 1.63. The summed E-state index contributed by atoms with van der Waals surface area (Å²) in [6.07, 6.45) is 3.23. The first-order chi connectivity index (χ1) is 16.6. The molecule has 0 saturated carbocycles. The Morgan fingerprint density at radius 2 is 1.77 bits per heavy atom. The number of ether oxygens (including phenoxy) is 2. The highest BCUT2D eigenvalue weighted by Gasteiger charge is 2.25. The third kappa shape index (κ3) is 7.32. The van der Waals surface area contributed by atoms with Gasteiger partial charge in [0.25, 0.3) is 0 Å². The van der Waals surface area contributed by atoms with Gasteiger partial charge >= 0.3 is 5.63 Å². The van der Waals surface area contributed by atoms with E-state index in [1.165, 1.54) is 0 Å². The van der Waals surface area contributed by atoms with Gasteiger partial charge in [-0.2, -0.15) is 0 Å². The maximum Gasteiger partial charge on any atom is 0.344 e. The van der Waals surface area contributed by atoms with E-state index < -0.39 is 11.2 Å². The highest BCUT2D eigenvalue weighted by atomic mass is 16.5. The molecule has 1 unspecified atom stereocenters. The second-order valence-electron chi connectivity index (χ2n) is 9.95. The van der Waals surface area contributed by atoms with Gasteiger partial charge in [-0.1, -0.05) is 39.0 Å². The molecule has 35 heavy (non-hydrogen) atoms. The lowest BCUT2D eigenvalue weighted by Crippen LogP contribution is -2.31. The summed E-state index contributed by atoms with van der Waals surface area (Å²) in [6.45, 7) is 14.3. The minimum atomic E-state index is -0.496. The molecule has 1 atom stereocenters. The van der Waals surface area contributed by atoms with Crippen LogP contribution >= 0.6 is 0 Å². The molecule has 0 saturated heterocycles. The van der Waals surface area contributed by atoms with Crippen molar-refractivity contribution in [2.75, 3.05) is 6.61 Å². The Kier molecular flexibility index (Phi) is 8.55. The van der Waals surface area contributed by atoms with Gasteiger partial charge in [0.15, 0.2) is 5.78 Å². The molecule has 2 aromatic carbocycles. The SMILES string of the molecule is C=C(C)C(=O)CC(C)CC(C)(C)Oc1ccc2cc(-c3ccc(OCCCC)cc3)c(=O)oc2c1. The molecule has 5 nitrogen and oxygen atoms in total. The zero-order chi connectivity index (χ0) is 25.6. The van der Waals surface area contributed by atoms with Gasteiger partial charge in [0.1, 0.15) is 22.7 Å². The lowest BCUT2D eigenvalue weighted by Gasteiger charge is -2.29. The van der Waals surface area contributed by atoms with Crippen LogP contribution in [-0.2, 0) is 4.79 Å². The molecular formula is C30H36O5. The van der Waals surface area contributed by atoms with Crippen molar-refractivity contribution in [1.29, 1.82) is 0 Å². The first-order valence-electron chi connectivity index (χ1n) is 12.3. The predicted octanol–water partition coefficient (Wildman–Crippen LogP) is 7.36. The lowest BCUT2D eigenvalue weighted by atomic mass is 9.90. The monoisotopic (exact) mass is 476 g/mol. The Labute approximate surface area is 207 Å². The molecule has 0 aliphatic heterocycles. The summed E-state index contributed by atoms with van der Waals surface area (Å²) in [5, 5.41) is 0.813. The number of hydrogen-bond acceptors (Lipinski definition) is 5. The molecule has 3 aromatic rings. The van der Waals surface area contributed by atoms with E-state index >= 15 is 0 Å². The van der Waals surface area contributed by atoms with Crippen LogP contribution < -0.4 is 15.1 Å². The number of rotatable bonds is 12. The quantitative estimate of drug-likeness (QED) is 0.155. The van der Waals surface area contributed by atoms with E-state index in [-0.39, 0.29) is 11.7 Å². The molecule has 1 aromatic heterocycles. The number of Topliss-reactive ketones (excluding diaryl/α,β-unsaturated/α-hetero) is 1. The molecule has 0 bridgehead atoms. The summed E-state index contributed by atoms with van der Waals surface area (Å²) in [4.78, 5) is 24.7. The number of unbranched alkanes of at least 4 members (excludes halogenated alkanes) is 1. The van der Waals surface area contributed by atoms with E-state index in [1.54, 1.807) is 13.0 Å². The molecule has 0 aliphatic carbocycles. The molecule has 0 spiro atoms. The van der Waals surface area contributed by atoms with Crippen LogP contribution in [-0.4, -0.2) is 18.0 Å². The molecule has 0 amide bonds. The Bertz CT molecular complexity index is 1230. The lowest BCUT2D eigenvalue weighted by molar-refractivity contribution is -0.116. The molecular weight excluding hydrogens is 440 g/mol. The largest absolute Gasteiger partial charge is 0.494 e. The van der Waals surface area contributed by atoms with Gasteiger partial charge in [-0.25, -0.2) is 4.79 Å². The number of hydrogen-bond donors (Lipinski definition) is 0. The van der Waals surface area contributed by atoms with Gasteiger partial charge in [-0.05, 0) is 81.0 Å². The third-order valence-corrected chi connectivity index (χ3v) is 5.88. The summed E-state index contributed by atoms with van der Waals surface area (Å²) < 4.78 is 17.6. The molecule has 0 fully saturated rings. The minimum absolute atomic E-state index is 0.0789. The van der Waals surface area contributed by atoms with E-state index in [0.717, 1.165) is 29.5 Å². The average molecular weight is 477 g/mol. The standard InChI is InChI=1S/C30H36O5/c1-7-8-15-33-24-12-9-22(10-13-24)26-17-23-11-14-25(18-28(23)34-29(26)32)35-30(5,6)19-21(4)16-27(31)20(2)3/h9-14,17-18,21H,2,7-8,15-16,19H2,1,3-6H3. The highest BCUT2D eigenvalue weighted by molar-refractivity contribution is 5.94. The fraction of sp³-hybridized carbons (Fsp3) is 0.400. The first kappa shape index (κ1) is 26.3. The van der Waals surface area contributed by atoms with Crippen molar-refractivity contribution in [3.8, 4) is 22.6 Å². The molecule has 186 valence electrons. The van der Waals surface area contributed by atoms with Crippen LogP contribution in [0.4, 0.5) is 0 Å². The fourth-order valence-electron chi connectivity index (χ4n) is 4.18. The van der Waals surface area contributed by atoms with Crippen LogP contribution in [0.3, 0.4) is 0 Å². The van der Waals surface area contributed by atoms with Crippen LogP contribution in [0.2, 0.25) is 0 Å². The number of ketones is 1. The summed E-state index contributed by atoms with van der Waals surface area (Å²) in [6, 6.07) is 14.9. The van der Waals surface area contributed by atoms with E-state index in [0.29, 0.717) is 41.9 Å². The molecule has 3 rings (SSSR count). The third-order valence-electron chi connectivity index (χ3n) is 5.88. The van der Waals surface area contributed by atoms with Gasteiger partial charge in [0, 0.05) is 17.9 Å². The number of fused-ring (bicyclic) bond motifs is 1. The van der Waals surface area contributed by atoms with E-state index in [4.69, 9.17) is 13.9 Å². The molecule has 0 radical (unpaired) electrons. The van der Waals surface area contributed by atoms with Crippen molar-refractivity contribution in [1.82, 2.24) is 0 Å². The first-order valence-corrected chi connectivity index (χ1v) is 12.3. The minimum Gasteiger partial charge on any atom is -0.494 e. The normalized spacial score (nSPS) is 12.4. The van der Waals surface area contributed by atoms with E-state index in [9.17, 15) is 9.59 Å². The summed E-state index contributed by atoms with van der Waals surface area (Å²) in [5.41, 5.74) is 1.43. The van der Waals surface area contributed by atoms with Gasteiger partial charge in [0.2, 0.25) is 0 Å². The summed E-state index contributed by atoms with van der Waals surface area (Å²) >= 11 is 0. The maximum atomic E-state index is 12.8. The number of carbonyl (C=O) groups is 1. The Hall–Kier alpha value is -3.34. The fourth-order valence-corrected chi connectivity index (χ4v) is 4.18. The van der Waals surface area contributed by atoms with Crippen molar-refractivity contribution in [3.05, 3.63) is 71.1 Å².